The second kappa shape index (κ2) is 5.61. The van der Waals surface area contributed by atoms with Crippen molar-refractivity contribution in [2.75, 3.05) is 0 Å². The van der Waals surface area contributed by atoms with Crippen molar-refractivity contribution in [2.45, 2.75) is 76.2 Å². The summed E-state index contributed by atoms with van der Waals surface area (Å²) in [5.74, 6) is 2.39. The Hall–Kier alpha value is -0.900. The Labute approximate surface area is 115 Å². The van der Waals surface area contributed by atoms with Gasteiger partial charge in [-0.25, -0.2) is 0 Å². The van der Waals surface area contributed by atoms with Gasteiger partial charge in [0, 0.05) is 6.42 Å². The topological polar surface area (TPSA) is 64.9 Å². The van der Waals surface area contributed by atoms with E-state index in [4.69, 9.17) is 10.3 Å². The van der Waals surface area contributed by atoms with Gasteiger partial charge in [-0.05, 0) is 25.2 Å². The molecule has 1 aromatic heterocycles. The highest BCUT2D eigenvalue weighted by atomic mass is 16.5. The van der Waals surface area contributed by atoms with Crippen molar-refractivity contribution in [3.63, 3.8) is 0 Å². The van der Waals surface area contributed by atoms with Crippen LogP contribution in [-0.4, -0.2) is 10.1 Å². The van der Waals surface area contributed by atoms with E-state index in [1.54, 1.807) is 0 Å². The molecule has 0 saturated heterocycles. The molecule has 0 bridgehead atoms. The van der Waals surface area contributed by atoms with E-state index in [1.807, 2.05) is 0 Å². The third-order valence-corrected chi connectivity index (χ3v) is 4.90. The molecule has 19 heavy (non-hydrogen) atoms. The predicted octanol–water partition coefficient (Wildman–Crippen LogP) is 3.31. The molecule has 4 nitrogen and oxygen atoms in total. The minimum Gasteiger partial charge on any atom is -0.339 e. The Kier molecular flexibility index (Phi) is 3.87. The summed E-state index contributed by atoms with van der Waals surface area (Å²) in [6, 6.07) is 0. The van der Waals surface area contributed by atoms with E-state index < -0.39 is 0 Å². The van der Waals surface area contributed by atoms with Crippen LogP contribution in [0.15, 0.2) is 4.52 Å². The number of hydrogen-bond acceptors (Lipinski definition) is 4. The van der Waals surface area contributed by atoms with Crippen LogP contribution >= 0.6 is 0 Å². The van der Waals surface area contributed by atoms with E-state index >= 15 is 0 Å². The van der Waals surface area contributed by atoms with E-state index in [9.17, 15) is 0 Å². The first-order chi connectivity index (χ1) is 9.26. The molecule has 3 rings (SSSR count). The molecule has 0 amide bonds. The minimum atomic E-state index is -0.313. The third-order valence-electron chi connectivity index (χ3n) is 4.90. The molecule has 0 spiro atoms. The zero-order chi connectivity index (χ0) is 13.1. The van der Waals surface area contributed by atoms with Gasteiger partial charge in [0.25, 0.3) is 0 Å². The van der Waals surface area contributed by atoms with Crippen molar-refractivity contribution in [3.8, 4) is 0 Å². The van der Waals surface area contributed by atoms with Gasteiger partial charge in [-0.1, -0.05) is 50.1 Å². The molecule has 106 valence electrons. The Bertz CT molecular complexity index is 403. The summed E-state index contributed by atoms with van der Waals surface area (Å²) >= 11 is 0. The first-order valence-electron chi connectivity index (χ1n) is 7.88. The third kappa shape index (κ3) is 2.99. The molecule has 0 atom stereocenters. The van der Waals surface area contributed by atoms with Gasteiger partial charge in [0.05, 0.1) is 5.54 Å². The minimum absolute atomic E-state index is 0.313. The predicted molar refractivity (Wildman–Crippen MR) is 73.5 cm³/mol. The average molecular weight is 263 g/mol. The fourth-order valence-electron chi connectivity index (χ4n) is 3.59. The fraction of sp³-hybridized carbons (Fsp3) is 0.867. The Morgan fingerprint density at radius 1 is 1.11 bits per heavy atom. The lowest BCUT2D eigenvalue weighted by molar-refractivity contribution is 0.310. The zero-order valence-corrected chi connectivity index (χ0v) is 11.7. The van der Waals surface area contributed by atoms with Gasteiger partial charge in [0.15, 0.2) is 5.82 Å². The Morgan fingerprint density at radius 3 is 2.58 bits per heavy atom. The SMILES string of the molecule is NC1(c2noc(CCC3CCCCC3)n2)CCCC1. The summed E-state index contributed by atoms with van der Waals surface area (Å²) in [6.45, 7) is 0. The van der Waals surface area contributed by atoms with Gasteiger partial charge in [0.2, 0.25) is 5.89 Å². The highest BCUT2D eigenvalue weighted by Gasteiger charge is 2.35. The Balaban J connectivity index is 1.55. The smallest absolute Gasteiger partial charge is 0.226 e. The number of nitrogens with zero attached hydrogens (tertiary/aromatic N) is 2. The van der Waals surface area contributed by atoms with E-state index in [2.05, 4.69) is 10.1 Å². The van der Waals surface area contributed by atoms with Crippen LogP contribution < -0.4 is 5.73 Å². The molecule has 2 saturated carbocycles. The number of rotatable bonds is 4. The lowest BCUT2D eigenvalue weighted by atomic mass is 9.86. The van der Waals surface area contributed by atoms with Crippen LogP contribution in [0, 0.1) is 5.92 Å². The first-order valence-corrected chi connectivity index (χ1v) is 7.88. The van der Waals surface area contributed by atoms with E-state index in [0.717, 1.165) is 36.9 Å². The summed E-state index contributed by atoms with van der Waals surface area (Å²) < 4.78 is 5.39. The van der Waals surface area contributed by atoms with Gasteiger partial charge < -0.3 is 10.3 Å². The maximum absolute atomic E-state index is 6.35. The summed E-state index contributed by atoms with van der Waals surface area (Å²) in [4.78, 5) is 4.55. The number of aryl methyl sites for hydroxylation is 1. The number of hydrogen-bond donors (Lipinski definition) is 1. The fourth-order valence-corrected chi connectivity index (χ4v) is 3.59. The van der Waals surface area contributed by atoms with Crippen molar-refractivity contribution >= 4 is 0 Å². The molecule has 2 aliphatic rings. The molecule has 4 heteroatoms. The standard InChI is InChI=1S/C15H25N3O/c16-15(10-4-5-11-15)14-17-13(19-18-14)9-8-12-6-2-1-3-7-12/h12H,1-11,16H2. The summed E-state index contributed by atoms with van der Waals surface area (Å²) in [7, 11) is 0. The van der Waals surface area contributed by atoms with Crippen molar-refractivity contribution in [2.24, 2.45) is 11.7 Å². The van der Waals surface area contributed by atoms with Gasteiger partial charge in [-0.15, -0.1) is 0 Å². The average Bonchev–Trinajstić information content (AvgIpc) is 3.07. The maximum atomic E-state index is 6.35. The van der Waals surface area contributed by atoms with Crippen molar-refractivity contribution < 1.29 is 4.52 Å². The maximum Gasteiger partial charge on any atom is 0.226 e. The molecular weight excluding hydrogens is 238 g/mol. The highest BCUT2D eigenvalue weighted by Crippen LogP contribution is 2.34. The van der Waals surface area contributed by atoms with E-state index in [0.29, 0.717) is 0 Å². The van der Waals surface area contributed by atoms with Gasteiger partial charge >= 0.3 is 0 Å². The van der Waals surface area contributed by atoms with Crippen molar-refractivity contribution in [1.29, 1.82) is 0 Å². The van der Waals surface area contributed by atoms with Crippen LogP contribution in [0.3, 0.4) is 0 Å². The van der Waals surface area contributed by atoms with E-state index in [1.165, 1.54) is 51.4 Å². The molecule has 0 unspecified atom stereocenters. The second-order valence-electron chi connectivity index (χ2n) is 6.42. The number of nitrogens with two attached hydrogens (primary N) is 1. The van der Waals surface area contributed by atoms with Crippen LogP contribution in [0.25, 0.3) is 0 Å². The Morgan fingerprint density at radius 2 is 1.84 bits per heavy atom. The molecule has 2 aliphatic carbocycles. The quantitative estimate of drug-likeness (QED) is 0.905. The first kappa shape index (κ1) is 13.1. The monoisotopic (exact) mass is 263 g/mol. The van der Waals surface area contributed by atoms with Gasteiger partial charge in [-0.2, -0.15) is 4.98 Å². The van der Waals surface area contributed by atoms with Crippen LogP contribution in [0.2, 0.25) is 0 Å². The van der Waals surface area contributed by atoms with Crippen LogP contribution in [-0.2, 0) is 12.0 Å². The van der Waals surface area contributed by atoms with Gasteiger partial charge in [-0.3, -0.25) is 0 Å². The molecule has 1 aromatic rings. The van der Waals surface area contributed by atoms with E-state index in [-0.39, 0.29) is 5.54 Å². The second-order valence-corrected chi connectivity index (χ2v) is 6.42. The zero-order valence-electron chi connectivity index (χ0n) is 11.7. The van der Waals surface area contributed by atoms with Gasteiger partial charge in [0.1, 0.15) is 0 Å². The summed E-state index contributed by atoms with van der Waals surface area (Å²) in [5.41, 5.74) is 6.03. The molecular formula is C15H25N3O. The summed E-state index contributed by atoms with van der Waals surface area (Å²) in [5, 5.41) is 4.12. The lowest BCUT2D eigenvalue weighted by Gasteiger charge is -2.20. The van der Waals surface area contributed by atoms with Crippen molar-refractivity contribution in [1.82, 2.24) is 10.1 Å². The van der Waals surface area contributed by atoms with Crippen LogP contribution in [0.1, 0.15) is 75.9 Å². The van der Waals surface area contributed by atoms with Crippen LogP contribution in [0.5, 0.6) is 0 Å². The molecule has 0 radical (unpaired) electrons. The molecule has 1 heterocycles. The highest BCUT2D eigenvalue weighted by molar-refractivity contribution is 5.06. The molecule has 2 fully saturated rings. The van der Waals surface area contributed by atoms with Crippen LogP contribution in [0.4, 0.5) is 0 Å². The summed E-state index contributed by atoms with van der Waals surface area (Å²) in [6.07, 6.45) is 13.4. The molecule has 0 aliphatic heterocycles. The lowest BCUT2D eigenvalue weighted by Crippen LogP contribution is -2.34. The molecule has 2 N–H and O–H groups in total. The van der Waals surface area contributed by atoms with Crippen molar-refractivity contribution in [3.05, 3.63) is 11.7 Å². The largest absolute Gasteiger partial charge is 0.339 e. The number of aromatic nitrogens is 2. The normalized spacial score (nSPS) is 23.8. The molecule has 0 aromatic carbocycles.